The number of methoxy groups -OCH3 is 1. The molecule has 0 aromatic carbocycles. The highest BCUT2D eigenvalue weighted by molar-refractivity contribution is 5.78. The first-order valence-electron chi connectivity index (χ1n) is 5.70. The van der Waals surface area contributed by atoms with Gasteiger partial charge in [0.25, 0.3) is 0 Å². The largest absolute Gasteiger partial charge is 0.467 e. The molecule has 2 aliphatic heterocycles. The Labute approximate surface area is 95.3 Å². The molecule has 92 valence electrons. The van der Waals surface area contributed by atoms with Gasteiger partial charge in [0, 0.05) is 19.6 Å². The molecule has 0 aromatic rings. The molecule has 5 heteroatoms. The number of β-amino-alcohol motifs (C(OH)–C–C–N with tert-alkyl or cyclic N) is 1. The minimum atomic E-state index is -1.43. The standard InChI is InChI=1S/C11H19NO4/c1-11(14,10(13)15-2)7-12-5-8-3-4-9(6-12)16-8/h8-9,14H,3-7H2,1-2H3. The van der Waals surface area contributed by atoms with Crippen LogP contribution in [-0.4, -0.2) is 60.5 Å². The summed E-state index contributed by atoms with van der Waals surface area (Å²) < 4.78 is 10.3. The van der Waals surface area contributed by atoms with Crippen molar-refractivity contribution in [2.75, 3.05) is 26.7 Å². The van der Waals surface area contributed by atoms with Crippen molar-refractivity contribution in [3.8, 4) is 0 Å². The van der Waals surface area contributed by atoms with Gasteiger partial charge >= 0.3 is 5.97 Å². The second-order valence-electron chi connectivity index (χ2n) is 4.92. The summed E-state index contributed by atoms with van der Waals surface area (Å²) in [6.07, 6.45) is 2.71. The Morgan fingerprint density at radius 3 is 2.56 bits per heavy atom. The molecule has 1 N–H and O–H groups in total. The number of esters is 1. The van der Waals surface area contributed by atoms with Crippen molar-refractivity contribution in [1.29, 1.82) is 0 Å². The molecule has 5 nitrogen and oxygen atoms in total. The molecule has 0 aliphatic carbocycles. The first kappa shape index (κ1) is 11.8. The highest BCUT2D eigenvalue weighted by atomic mass is 16.5. The van der Waals surface area contributed by atoms with Crippen LogP contribution in [0.1, 0.15) is 19.8 Å². The Bertz CT molecular complexity index is 267. The topological polar surface area (TPSA) is 59.0 Å². The first-order valence-corrected chi connectivity index (χ1v) is 5.70. The third-order valence-electron chi connectivity index (χ3n) is 3.28. The van der Waals surface area contributed by atoms with Crippen LogP contribution in [-0.2, 0) is 14.3 Å². The molecular formula is C11H19NO4. The molecular weight excluding hydrogens is 210 g/mol. The highest BCUT2D eigenvalue weighted by Gasteiger charge is 2.39. The van der Waals surface area contributed by atoms with Gasteiger partial charge in [0.1, 0.15) is 0 Å². The van der Waals surface area contributed by atoms with Gasteiger partial charge in [-0.15, -0.1) is 0 Å². The van der Waals surface area contributed by atoms with E-state index < -0.39 is 11.6 Å². The van der Waals surface area contributed by atoms with Crippen LogP contribution in [0.2, 0.25) is 0 Å². The molecule has 3 atom stereocenters. The fourth-order valence-electron chi connectivity index (χ4n) is 2.55. The van der Waals surface area contributed by atoms with E-state index in [1.54, 1.807) is 0 Å². The summed E-state index contributed by atoms with van der Waals surface area (Å²) in [4.78, 5) is 13.4. The van der Waals surface area contributed by atoms with E-state index in [4.69, 9.17) is 4.74 Å². The molecule has 2 heterocycles. The molecule has 2 aliphatic rings. The Hall–Kier alpha value is -0.650. The van der Waals surface area contributed by atoms with Crippen LogP contribution in [0, 0.1) is 0 Å². The van der Waals surface area contributed by atoms with Gasteiger partial charge in [-0.1, -0.05) is 0 Å². The number of nitrogens with zero attached hydrogens (tertiary/aromatic N) is 1. The third kappa shape index (κ3) is 2.36. The molecule has 2 rings (SSSR count). The number of hydrogen-bond acceptors (Lipinski definition) is 5. The number of ether oxygens (including phenoxy) is 2. The van der Waals surface area contributed by atoms with Gasteiger partial charge in [-0.3, -0.25) is 4.90 Å². The van der Waals surface area contributed by atoms with Gasteiger partial charge in [-0.2, -0.15) is 0 Å². The molecule has 0 radical (unpaired) electrons. The Morgan fingerprint density at radius 1 is 1.50 bits per heavy atom. The van der Waals surface area contributed by atoms with Gasteiger partial charge in [0.2, 0.25) is 0 Å². The molecule has 0 amide bonds. The normalized spacial score (nSPS) is 33.4. The smallest absolute Gasteiger partial charge is 0.338 e. The van der Waals surface area contributed by atoms with Gasteiger partial charge < -0.3 is 14.6 Å². The summed E-state index contributed by atoms with van der Waals surface area (Å²) in [5.41, 5.74) is -1.43. The van der Waals surface area contributed by atoms with Crippen molar-refractivity contribution in [1.82, 2.24) is 4.90 Å². The number of fused-ring (bicyclic) bond motifs is 2. The number of hydrogen-bond donors (Lipinski definition) is 1. The minimum Gasteiger partial charge on any atom is -0.467 e. The summed E-state index contributed by atoms with van der Waals surface area (Å²) in [6.45, 7) is 3.40. The van der Waals surface area contributed by atoms with Gasteiger partial charge in [0.15, 0.2) is 5.60 Å². The number of morpholine rings is 1. The van der Waals surface area contributed by atoms with E-state index in [-0.39, 0.29) is 12.2 Å². The molecule has 2 fully saturated rings. The van der Waals surface area contributed by atoms with Gasteiger partial charge in [-0.05, 0) is 19.8 Å². The van der Waals surface area contributed by atoms with Crippen LogP contribution in [0.15, 0.2) is 0 Å². The monoisotopic (exact) mass is 229 g/mol. The number of carbonyl (C=O) groups excluding carboxylic acids is 1. The lowest BCUT2D eigenvalue weighted by Gasteiger charge is -2.35. The van der Waals surface area contributed by atoms with Gasteiger partial charge in [0.05, 0.1) is 19.3 Å². The lowest BCUT2D eigenvalue weighted by atomic mass is 10.1. The minimum absolute atomic E-state index is 0.271. The molecule has 0 aromatic heterocycles. The van der Waals surface area contributed by atoms with E-state index in [0.717, 1.165) is 25.9 Å². The van der Waals surface area contributed by atoms with Crippen LogP contribution < -0.4 is 0 Å². The van der Waals surface area contributed by atoms with Crippen LogP contribution >= 0.6 is 0 Å². The molecule has 0 saturated carbocycles. The van der Waals surface area contributed by atoms with Gasteiger partial charge in [-0.25, -0.2) is 4.79 Å². The summed E-state index contributed by atoms with van der Waals surface area (Å²) in [6, 6.07) is 0. The van der Waals surface area contributed by atoms with Crippen molar-refractivity contribution in [2.24, 2.45) is 0 Å². The van der Waals surface area contributed by atoms with Crippen LogP contribution in [0.5, 0.6) is 0 Å². The predicted octanol–water partition coefficient (Wildman–Crippen LogP) is -0.226. The number of carbonyl (C=O) groups is 1. The quantitative estimate of drug-likeness (QED) is 0.678. The van der Waals surface area contributed by atoms with Crippen LogP contribution in [0.4, 0.5) is 0 Å². The molecule has 3 unspecified atom stereocenters. The van der Waals surface area contributed by atoms with Crippen molar-refractivity contribution >= 4 is 5.97 Å². The maximum atomic E-state index is 11.4. The van der Waals surface area contributed by atoms with E-state index in [1.807, 2.05) is 0 Å². The fourth-order valence-corrected chi connectivity index (χ4v) is 2.55. The zero-order chi connectivity index (χ0) is 11.8. The zero-order valence-corrected chi connectivity index (χ0v) is 9.81. The van der Waals surface area contributed by atoms with Crippen molar-refractivity contribution in [3.63, 3.8) is 0 Å². The Morgan fingerprint density at radius 2 is 2.06 bits per heavy atom. The maximum absolute atomic E-state index is 11.4. The fraction of sp³-hybridized carbons (Fsp3) is 0.909. The van der Waals surface area contributed by atoms with E-state index in [2.05, 4.69) is 9.64 Å². The van der Waals surface area contributed by atoms with Crippen LogP contribution in [0.25, 0.3) is 0 Å². The van der Waals surface area contributed by atoms with E-state index in [0.29, 0.717) is 6.54 Å². The number of rotatable bonds is 3. The average Bonchev–Trinajstić information content (AvgIpc) is 2.56. The van der Waals surface area contributed by atoms with Crippen molar-refractivity contribution in [3.05, 3.63) is 0 Å². The summed E-state index contributed by atoms with van der Waals surface area (Å²) in [5, 5.41) is 9.97. The molecule has 16 heavy (non-hydrogen) atoms. The summed E-state index contributed by atoms with van der Waals surface area (Å²) in [5.74, 6) is -0.577. The lowest BCUT2D eigenvalue weighted by molar-refractivity contribution is -0.164. The first-order chi connectivity index (χ1) is 7.51. The van der Waals surface area contributed by atoms with Crippen LogP contribution in [0.3, 0.4) is 0 Å². The SMILES string of the molecule is COC(=O)C(C)(O)CN1CC2CCC(C1)O2. The molecule has 0 spiro atoms. The molecule has 2 saturated heterocycles. The number of aliphatic hydroxyl groups is 1. The lowest BCUT2D eigenvalue weighted by Crippen LogP contribution is -2.52. The predicted molar refractivity (Wildman–Crippen MR) is 57.0 cm³/mol. The second-order valence-corrected chi connectivity index (χ2v) is 4.92. The Balaban J connectivity index is 1.92. The summed E-state index contributed by atoms with van der Waals surface area (Å²) in [7, 11) is 1.29. The van der Waals surface area contributed by atoms with E-state index >= 15 is 0 Å². The average molecular weight is 229 g/mol. The van der Waals surface area contributed by atoms with E-state index in [9.17, 15) is 9.90 Å². The third-order valence-corrected chi connectivity index (χ3v) is 3.28. The highest BCUT2D eigenvalue weighted by Crippen LogP contribution is 2.27. The van der Waals surface area contributed by atoms with Crippen molar-refractivity contribution in [2.45, 2.75) is 37.6 Å². The van der Waals surface area contributed by atoms with E-state index in [1.165, 1.54) is 14.0 Å². The number of likely N-dealkylation sites (tertiary alicyclic amines) is 1. The summed E-state index contributed by atoms with van der Waals surface area (Å²) >= 11 is 0. The zero-order valence-electron chi connectivity index (χ0n) is 9.81. The molecule has 2 bridgehead atoms. The maximum Gasteiger partial charge on any atom is 0.338 e. The second kappa shape index (κ2) is 4.31. The van der Waals surface area contributed by atoms with Crippen molar-refractivity contribution < 1.29 is 19.4 Å². The Kier molecular flexibility index (Phi) is 3.19.